The van der Waals surface area contributed by atoms with Crippen LogP contribution in [0.2, 0.25) is 0 Å². The summed E-state index contributed by atoms with van der Waals surface area (Å²) in [4.78, 5) is 11.6. The minimum absolute atomic E-state index is 0.0919. The molecule has 1 aromatic carbocycles. The highest BCUT2D eigenvalue weighted by molar-refractivity contribution is 5.52. The van der Waals surface area contributed by atoms with Crippen LogP contribution in [0.25, 0.3) is 5.65 Å². The second-order valence-corrected chi connectivity index (χ2v) is 8.32. The van der Waals surface area contributed by atoms with E-state index < -0.39 is 0 Å². The number of nitrogen functional groups attached to an aromatic ring is 1. The van der Waals surface area contributed by atoms with Crippen molar-refractivity contribution in [3.63, 3.8) is 0 Å². The van der Waals surface area contributed by atoms with Gasteiger partial charge in [0.15, 0.2) is 5.65 Å². The van der Waals surface area contributed by atoms with Gasteiger partial charge in [-0.1, -0.05) is 19.1 Å². The van der Waals surface area contributed by atoms with E-state index in [2.05, 4.69) is 33.3 Å². The first-order valence-corrected chi connectivity index (χ1v) is 10.2. The molecule has 5 rings (SSSR count). The molecule has 0 radical (unpaired) electrons. The van der Waals surface area contributed by atoms with Gasteiger partial charge in [0, 0.05) is 37.0 Å². The van der Waals surface area contributed by atoms with Gasteiger partial charge in [0.05, 0.1) is 12.8 Å². The van der Waals surface area contributed by atoms with Gasteiger partial charge in [0.1, 0.15) is 5.75 Å². The van der Waals surface area contributed by atoms with Crippen molar-refractivity contribution in [1.82, 2.24) is 24.9 Å². The van der Waals surface area contributed by atoms with Crippen LogP contribution in [-0.4, -0.2) is 52.9 Å². The molecule has 2 aromatic heterocycles. The van der Waals surface area contributed by atoms with Gasteiger partial charge in [-0.15, -0.1) is 0 Å². The molecule has 1 unspecified atom stereocenters. The van der Waals surface area contributed by atoms with Crippen LogP contribution < -0.4 is 20.7 Å². The van der Waals surface area contributed by atoms with Crippen molar-refractivity contribution in [1.29, 1.82) is 0 Å². The fourth-order valence-electron chi connectivity index (χ4n) is 4.60. The summed E-state index contributed by atoms with van der Waals surface area (Å²) >= 11 is 0. The van der Waals surface area contributed by atoms with Crippen molar-refractivity contribution < 1.29 is 4.74 Å². The zero-order valence-corrected chi connectivity index (χ0v) is 16.9. The SMILES string of the molecule is COc1cccc([C@H](C)c2cc3nc(N4CCC5(CCNC5)C4)nc(N)n3n2)c1. The van der Waals surface area contributed by atoms with Crippen LogP contribution in [0.3, 0.4) is 0 Å². The van der Waals surface area contributed by atoms with Crippen LogP contribution in [0.15, 0.2) is 30.3 Å². The molecule has 8 nitrogen and oxygen atoms in total. The van der Waals surface area contributed by atoms with Crippen molar-refractivity contribution in [2.75, 3.05) is 43.9 Å². The highest BCUT2D eigenvalue weighted by Gasteiger charge is 2.41. The number of ether oxygens (including phenoxy) is 1. The molecule has 3 N–H and O–H groups in total. The van der Waals surface area contributed by atoms with Crippen molar-refractivity contribution in [3.05, 3.63) is 41.6 Å². The molecule has 0 amide bonds. The fraction of sp³-hybridized carbons (Fsp3) is 0.476. The van der Waals surface area contributed by atoms with E-state index in [0.29, 0.717) is 17.3 Å². The normalized spacial score (nSPS) is 22.6. The molecule has 2 aliphatic heterocycles. The third kappa shape index (κ3) is 3.17. The van der Waals surface area contributed by atoms with Crippen LogP contribution in [0, 0.1) is 5.41 Å². The number of methoxy groups -OCH3 is 1. The number of anilines is 2. The monoisotopic (exact) mass is 393 g/mol. The van der Waals surface area contributed by atoms with E-state index in [4.69, 9.17) is 15.5 Å². The zero-order valence-electron chi connectivity index (χ0n) is 16.9. The van der Waals surface area contributed by atoms with Gasteiger partial charge >= 0.3 is 0 Å². The number of fused-ring (bicyclic) bond motifs is 1. The second kappa shape index (κ2) is 6.88. The summed E-state index contributed by atoms with van der Waals surface area (Å²) in [6, 6.07) is 10.1. The van der Waals surface area contributed by atoms with Crippen LogP contribution in [0.1, 0.15) is 36.9 Å². The van der Waals surface area contributed by atoms with Gasteiger partial charge in [0.2, 0.25) is 11.9 Å². The molecule has 4 heterocycles. The number of aromatic nitrogens is 4. The summed E-state index contributed by atoms with van der Waals surface area (Å²) < 4.78 is 6.99. The Morgan fingerprint density at radius 2 is 2.14 bits per heavy atom. The average molecular weight is 393 g/mol. The maximum Gasteiger partial charge on any atom is 0.230 e. The number of nitrogens with one attached hydrogen (secondary N) is 1. The molecule has 0 aliphatic carbocycles. The molecular formula is C21H27N7O. The van der Waals surface area contributed by atoms with Crippen molar-refractivity contribution in [2.45, 2.75) is 25.7 Å². The lowest BCUT2D eigenvalue weighted by Gasteiger charge is -2.22. The molecule has 2 aliphatic rings. The molecule has 8 heteroatoms. The van der Waals surface area contributed by atoms with E-state index in [9.17, 15) is 0 Å². The third-order valence-electron chi connectivity index (χ3n) is 6.45. The number of rotatable bonds is 4. The van der Waals surface area contributed by atoms with Crippen molar-refractivity contribution in [3.8, 4) is 5.75 Å². The number of nitrogens with two attached hydrogens (primary N) is 1. The van der Waals surface area contributed by atoms with Gasteiger partial charge in [-0.05, 0) is 37.1 Å². The first kappa shape index (κ1) is 18.2. The minimum atomic E-state index is 0.0919. The highest BCUT2D eigenvalue weighted by Crippen LogP contribution is 2.37. The number of hydrogen-bond acceptors (Lipinski definition) is 7. The predicted octanol–water partition coefficient (Wildman–Crippen LogP) is 2.06. The molecule has 0 saturated carbocycles. The molecule has 2 atom stereocenters. The van der Waals surface area contributed by atoms with Gasteiger partial charge < -0.3 is 20.7 Å². The van der Waals surface area contributed by atoms with Crippen molar-refractivity contribution in [2.24, 2.45) is 5.41 Å². The molecular weight excluding hydrogens is 366 g/mol. The predicted molar refractivity (Wildman–Crippen MR) is 112 cm³/mol. The van der Waals surface area contributed by atoms with Crippen LogP contribution in [0.5, 0.6) is 5.75 Å². The quantitative estimate of drug-likeness (QED) is 0.701. The molecule has 0 bridgehead atoms. The lowest BCUT2D eigenvalue weighted by Crippen LogP contribution is -2.30. The topological polar surface area (TPSA) is 93.6 Å². The lowest BCUT2D eigenvalue weighted by molar-refractivity contribution is 0.369. The van der Waals surface area contributed by atoms with E-state index in [0.717, 1.165) is 48.8 Å². The second-order valence-electron chi connectivity index (χ2n) is 8.32. The summed E-state index contributed by atoms with van der Waals surface area (Å²) in [6.45, 7) is 6.26. The molecule has 1 spiro atoms. The fourth-order valence-corrected chi connectivity index (χ4v) is 4.60. The summed E-state index contributed by atoms with van der Waals surface area (Å²) in [5, 5.41) is 8.17. The Hall–Kier alpha value is -2.87. The summed E-state index contributed by atoms with van der Waals surface area (Å²) in [5.41, 5.74) is 9.40. The largest absolute Gasteiger partial charge is 0.497 e. The Kier molecular flexibility index (Phi) is 4.31. The standard InChI is InChI=1S/C21H27N7O/c1-14(15-4-3-5-16(10-15)29-2)17-11-18-24-20(25-19(22)28(18)26-17)27-9-7-21(13-27)6-8-23-12-21/h3-5,10-11,14,23H,6-9,12-13H2,1-2H3,(H2,22,24,25)/t14-,21?/m0/s1. The lowest BCUT2D eigenvalue weighted by atomic mass is 9.87. The Bertz CT molecular complexity index is 1040. The summed E-state index contributed by atoms with van der Waals surface area (Å²) in [5.74, 6) is 2.01. The van der Waals surface area contributed by atoms with E-state index in [1.54, 1.807) is 11.6 Å². The van der Waals surface area contributed by atoms with Gasteiger partial charge in [-0.2, -0.15) is 19.6 Å². The molecule has 2 saturated heterocycles. The molecule has 3 aromatic rings. The molecule has 29 heavy (non-hydrogen) atoms. The number of benzene rings is 1. The van der Waals surface area contributed by atoms with Crippen LogP contribution in [-0.2, 0) is 0 Å². The smallest absolute Gasteiger partial charge is 0.230 e. The average Bonchev–Trinajstić information content (AvgIpc) is 3.48. The Morgan fingerprint density at radius 3 is 2.93 bits per heavy atom. The highest BCUT2D eigenvalue weighted by atomic mass is 16.5. The zero-order chi connectivity index (χ0) is 20.0. The first-order chi connectivity index (χ1) is 14.1. The Morgan fingerprint density at radius 1 is 1.24 bits per heavy atom. The number of hydrogen-bond donors (Lipinski definition) is 2. The van der Waals surface area contributed by atoms with Crippen molar-refractivity contribution >= 4 is 17.5 Å². The minimum Gasteiger partial charge on any atom is -0.497 e. The van der Waals surface area contributed by atoms with E-state index in [1.165, 1.54) is 12.8 Å². The number of nitrogens with zero attached hydrogens (tertiary/aromatic N) is 5. The van der Waals surface area contributed by atoms with E-state index >= 15 is 0 Å². The third-order valence-corrected chi connectivity index (χ3v) is 6.45. The maximum absolute atomic E-state index is 6.26. The van der Waals surface area contributed by atoms with E-state index in [1.807, 2.05) is 24.3 Å². The Balaban J connectivity index is 1.45. The Labute approximate surface area is 170 Å². The van der Waals surface area contributed by atoms with Gasteiger partial charge in [-0.25, -0.2) is 0 Å². The van der Waals surface area contributed by atoms with Gasteiger partial charge in [0.25, 0.3) is 0 Å². The first-order valence-electron chi connectivity index (χ1n) is 10.2. The molecule has 2 fully saturated rings. The van der Waals surface area contributed by atoms with Crippen LogP contribution >= 0.6 is 0 Å². The maximum atomic E-state index is 6.26. The van der Waals surface area contributed by atoms with Gasteiger partial charge in [-0.3, -0.25) is 0 Å². The van der Waals surface area contributed by atoms with E-state index in [-0.39, 0.29) is 5.92 Å². The summed E-state index contributed by atoms with van der Waals surface area (Å²) in [6.07, 6.45) is 2.39. The van der Waals surface area contributed by atoms with Crippen LogP contribution in [0.4, 0.5) is 11.9 Å². The summed E-state index contributed by atoms with van der Waals surface area (Å²) in [7, 11) is 1.68. The molecule has 152 valence electrons.